The minimum absolute atomic E-state index is 0.0743. The molecule has 3 aromatic rings. The quantitative estimate of drug-likeness (QED) is 0.629. The number of piperidine rings is 1. The topological polar surface area (TPSA) is 91.6 Å². The molecule has 0 radical (unpaired) electrons. The molecule has 11 heteroatoms. The summed E-state index contributed by atoms with van der Waals surface area (Å²) in [5.74, 6) is -2.04. The Labute approximate surface area is 191 Å². The molecular formula is C22H21F2N5O3S. The number of hydrogen-bond donors (Lipinski definition) is 1. The third-order valence-corrected chi connectivity index (χ3v) is 7.18. The molecule has 0 bridgehead atoms. The van der Waals surface area contributed by atoms with Crippen molar-refractivity contribution in [1.29, 1.82) is 0 Å². The third-order valence-electron chi connectivity index (χ3n) is 6.23. The van der Waals surface area contributed by atoms with Crippen LogP contribution in [0.4, 0.5) is 8.78 Å². The second kappa shape index (κ2) is 7.91. The van der Waals surface area contributed by atoms with Crippen molar-refractivity contribution in [3.05, 3.63) is 62.5 Å². The van der Waals surface area contributed by atoms with Gasteiger partial charge in [0.25, 0.3) is 5.91 Å². The van der Waals surface area contributed by atoms with Crippen molar-refractivity contribution in [2.75, 3.05) is 18.6 Å². The van der Waals surface area contributed by atoms with E-state index in [1.165, 1.54) is 18.3 Å². The van der Waals surface area contributed by atoms with Crippen molar-refractivity contribution < 1.29 is 18.7 Å². The number of aromatic nitrogens is 3. The second-order valence-corrected chi connectivity index (χ2v) is 9.59. The zero-order chi connectivity index (χ0) is 23.4. The number of fused-ring (bicyclic) bond motifs is 3. The molecule has 1 saturated heterocycles. The van der Waals surface area contributed by atoms with Crippen LogP contribution < -0.4 is 10.4 Å². The normalized spacial score (nSPS) is 20.1. The number of aromatic hydroxyl groups is 1. The van der Waals surface area contributed by atoms with Crippen LogP contribution in [0.25, 0.3) is 10.6 Å². The summed E-state index contributed by atoms with van der Waals surface area (Å²) in [7, 11) is 1.67. The van der Waals surface area contributed by atoms with Crippen molar-refractivity contribution >= 4 is 17.2 Å². The average Bonchev–Trinajstić information content (AvgIpc) is 3.24. The molecule has 0 aliphatic carbocycles. The molecule has 2 aliphatic rings. The molecular weight excluding hydrogens is 452 g/mol. The van der Waals surface area contributed by atoms with Crippen LogP contribution in [-0.4, -0.2) is 50.5 Å². The lowest BCUT2D eigenvalue weighted by atomic mass is 9.97. The van der Waals surface area contributed by atoms with E-state index in [2.05, 4.69) is 17.1 Å². The van der Waals surface area contributed by atoms with E-state index < -0.39 is 28.7 Å². The molecule has 4 heterocycles. The summed E-state index contributed by atoms with van der Waals surface area (Å²) in [4.78, 5) is 27.4. The molecule has 0 saturated carbocycles. The van der Waals surface area contributed by atoms with Gasteiger partial charge in [-0.3, -0.25) is 19.3 Å². The Morgan fingerprint density at radius 1 is 1.21 bits per heavy atom. The fourth-order valence-corrected chi connectivity index (χ4v) is 5.32. The zero-order valence-corrected chi connectivity index (χ0v) is 18.8. The Morgan fingerprint density at radius 2 is 2.00 bits per heavy atom. The van der Waals surface area contributed by atoms with Gasteiger partial charge < -0.3 is 10.0 Å². The third kappa shape index (κ3) is 3.56. The first-order valence-electron chi connectivity index (χ1n) is 10.5. The highest BCUT2D eigenvalue weighted by Gasteiger charge is 2.40. The maximum atomic E-state index is 14.0. The van der Waals surface area contributed by atoms with Crippen molar-refractivity contribution in [2.24, 2.45) is 5.92 Å². The largest absolute Gasteiger partial charge is 0.502 e. The number of halogens is 2. The summed E-state index contributed by atoms with van der Waals surface area (Å²) in [5, 5.41) is 21.5. The van der Waals surface area contributed by atoms with Gasteiger partial charge in [-0.05, 0) is 30.4 Å². The van der Waals surface area contributed by atoms with Crippen molar-refractivity contribution in [2.45, 2.75) is 32.4 Å². The molecule has 1 aromatic carbocycles. The van der Waals surface area contributed by atoms with Crippen LogP contribution in [0.1, 0.15) is 40.8 Å². The lowest BCUT2D eigenvalue weighted by Crippen LogP contribution is -2.62. The van der Waals surface area contributed by atoms with Crippen molar-refractivity contribution in [3.63, 3.8) is 0 Å². The van der Waals surface area contributed by atoms with Gasteiger partial charge in [0.1, 0.15) is 22.8 Å². The maximum absolute atomic E-state index is 14.0. The van der Waals surface area contributed by atoms with Gasteiger partial charge in [0, 0.05) is 32.3 Å². The molecule has 33 heavy (non-hydrogen) atoms. The van der Waals surface area contributed by atoms with Gasteiger partial charge in [0.15, 0.2) is 16.5 Å². The van der Waals surface area contributed by atoms with Crippen LogP contribution in [0.15, 0.2) is 29.2 Å². The van der Waals surface area contributed by atoms with E-state index in [-0.39, 0.29) is 34.4 Å². The molecule has 0 spiro atoms. The van der Waals surface area contributed by atoms with Gasteiger partial charge in [-0.2, -0.15) is 0 Å². The van der Waals surface area contributed by atoms with E-state index >= 15 is 0 Å². The molecule has 172 valence electrons. The highest BCUT2D eigenvalue weighted by molar-refractivity contribution is 7.14. The van der Waals surface area contributed by atoms with E-state index in [1.807, 2.05) is 5.01 Å². The van der Waals surface area contributed by atoms with Crippen LogP contribution in [0.3, 0.4) is 0 Å². The number of rotatable bonds is 3. The fraction of sp³-hybridized carbons (Fsp3) is 0.364. The van der Waals surface area contributed by atoms with Crippen LogP contribution in [-0.2, 0) is 6.42 Å². The standard InChI is InChI=1S/C22H21F2N5O3S/c1-11-3-6-17-27(2)22(32)18-20(31)19(30)14(10-29(18)28(17)9-11)21-26-25-16(33-21)7-12-4-5-13(23)8-15(12)24/h4-5,8,10-11,17,31H,3,6-7,9H2,1-2H3/t11-,17-/m0/s1. The maximum Gasteiger partial charge on any atom is 0.277 e. The predicted molar refractivity (Wildman–Crippen MR) is 118 cm³/mol. The molecule has 2 aliphatic heterocycles. The minimum Gasteiger partial charge on any atom is -0.502 e. The summed E-state index contributed by atoms with van der Waals surface area (Å²) in [5.41, 5.74) is -0.436. The molecule has 1 amide bonds. The van der Waals surface area contributed by atoms with Crippen LogP contribution in [0.2, 0.25) is 0 Å². The van der Waals surface area contributed by atoms with E-state index in [9.17, 15) is 23.5 Å². The Balaban J connectivity index is 1.56. The van der Waals surface area contributed by atoms with E-state index in [0.717, 1.165) is 30.2 Å². The fourth-order valence-electron chi connectivity index (χ4n) is 4.45. The Bertz CT molecular complexity index is 1320. The first kappa shape index (κ1) is 21.5. The summed E-state index contributed by atoms with van der Waals surface area (Å²) >= 11 is 1.08. The molecule has 5 rings (SSSR count). The highest BCUT2D eigenvalue weighted by Crippen LogP contribution is 2.33. The molecule has 8 nitrogen and oxygen atoms in total. The van der Waals surface area contributed by atoms with E-state index in [0.29, 0.717) is 17.5 Å². The monoisotopic (exact) mass is 473 g/mol. The van der Waals surface area contributed by atoms with Gasteiger partial charge in [-0.25, -0.2) is 8.78 Å². The number of carbonyl (C=O) groups excluding carboxylic acids is 1. The number of pyridine rings is 1. The molecule has 2 aromatic heterocycles. The minimum atomic E-state index is -0.720. The summed E-state index contributed by atoms with van der Waals surface area (Å²) < 4.78 is 28.8. The van der Waals surface area contributed by atoms with Gasteiger partial charge in [0.05, 0.1) is 5.56 Å². The van der Waals surface area contributed by atoms with E-state index in [4.69, 9.17) is 0 Å². The summed E-state index contributed by atoms with van der Waals surface area (Å²) in [6, 6.07) is 3.30. The predicted octanol–water partition coefficient (Wildman–Crippen LogP) is 2.72. The van der Waals surface area contributed by atoms with Crippen LogP contribution in [0, 0.1) is 17.6 Å². The molecule has 1 fully saturated rings. The average molecular weight is 474 g/mol. The number of benzene rings is 1. The van der Waals surface area contributed by atoms with Crippen molar-refractivity contribution in [3.8, 4) is 16.3 Å². The zero-order valence-electron chi connectivity index (χ0n) is 18.0. The lowest BCUT2D eigenvalue weighted by molar-refractivity contribution is 0.0568. The number of nitrogens with zero attached hydrogens (tertiary/aromatic N) is 5. The van der Waals surface area contributed by atoms with E-state index in [1.54, 1.807) is 16.6 Å². The lowest BCUT2D eigenvalue weighted by Gasteiger charge is -2.49. The number of amides is 1. The Kier molecular flexibility index (Phi) is 5.15. The van der Waals surface area contributed by atoms with Crippen LogP contribution in [0.5, 0.6) is 5.75 Å². The smallest absolute Gasteiger partial charge is 0.277 e. The second-order valence-electron chi connectivity index (χ2n) is 8.53. The molecule has 1 N–H and O–H groups in total. The van der Waals surface area contributed by atoms with Gasteiger partial charge in [-0.15, -0.1) is 10.2 Å². The summed E-state index contributed by atoms with van der Waals surface area (Å²) in [6.45, 7) is 2.77. The van der Waals surface area contributed by atoms with Gasteiger partial charge >= 0.3 is 0 Å². The highest BCUT2D eigenvalue weighted by atomic mass is 32.1. The van der Waals surface area contributed by atoms with Crippen molar-refractivity contribution in [1.82, 2.24) is 19.8 Å². The molecule has 0 unspecified atom stereocenters. The molecule has 2 atom stereocenters. The first-order chi connectivity index (χ1) is 15.7. The Hall–Kier alpha value is -3.34. The summed E-state index contributed by atoms with van der Waals surface area (Å²) in [6.07, 6.45) is 3.17. The Morgan fingerprint density at radius 3 is 2.76 bits per heavy atom. The van der Waals surface area contributed by atoms with Gasteiger partial charge in [0.2, 0.25) is 5.43 Å². The first-order valence-corrected chi connectivity index (χ1v) is 11.4. The number of hydrogen-bond acceptors (Lipinski definition) is 7. The van der Waals surface area contributed by atoms with Gasteiger partial charge in [-0.1, -0.05) is 24.3 Å². The SMILES string of the molecule is C[C@H]1CC[C@H]2N(C)C(=O)c3c(O)c(=O)c(-c4nnc(Cc5ccc(F)cc5F)s4)cn3N2C1. The van der Waals surface area contributed by atoms with Crippen LogP contribution >= 0.6 is 11.3 Å². The number of carbonyl (C=O) groups is 1.